The number of piperazine rings is 1. The van der Waals surface area contributed by atoms with Gasteiger partial charge in [-0.25, -0.2) is 0 Å². The predicted octanol–water partition coefficient (Wildman–Crippen LogP) is 2.41. The van der Waals surface area contributed by atoms with E-state index in [0.29, 0.717) is 11.8 Å². The van der Waals surface area contributed by atoms with Crippen molar-refractivity contribution in [1.82, 2.24) is 10.2 Å². The van der Waals surface area contributed by atoms with E-state index in [9.17, 15) is 4.79 Å². The lowest BCUT2D eigenvalue weighted by molar-refractivity contribution is -0.133. The largest absolute Gasteiger partial charge is 0.340 e. The Morgan fingerprint density at radius 3 is 2.29 bits per heavy atom. The van der Waals surface area contributed by atoms with Crippen molar-refractivity contribution < 1.29 is 4.79 Å². The van der Waals surface area contributed by atoms with E-state index in [2.05, 4.69) is 5.32 Å². The molecule has 0 radical (unpaired) electrons. The number of nitrogens with zero attached hydrogens (tertiary/aromatic N) is 1. The highest BCUT2D eigenvalue weighted by Crippen LogP contribution is 2.26. The van der Waals surface area contributed by atoms with Gasteiger partial charge in [-0.05, 0) is 18.8 Å². The number of hydrogen-bond donors (Lipinski definition) is 1. The molecule has 3 heteroatoms. The van der Waals surface area contributed by atoms with Gasteiger partial charge in [0, 0.05) is 32.6 Å². The minimum Gasteiger partial charge on any atom is -0.340 e. The summed E-state index contributed by atoms with van der Waals surface area (Å²) in [5.41, 5.74) is 0. The summed E-state index contributed by atoms with van der Waals surface area (Å²) < 4.78 is 0. The van der Waals surface area contributed by atoms with Crippen LogP contribution < -0.4 is 5.32 Å². The van der Waals surface area contributed by atoms with Crippen LogP contribution in [0.4, 0.5) is 0 Å². The van der Waals surface area contributed by atoms with E-state index in [-0.39, 0.29) is 0 Å². The summed E-state index contributed by atoms with van der Waals surface area (Å²) >= 11 is 0. The van der Waals surface area contributed by atoms with Crippen LogP contribution in [0.3, 0.4) is 0 Å². The molecule has 0 aromatic rings. The second-order valence-electron chi connectivity index (χ2n) is 4.84. The molecule has 1 amide bonds. The fourth-order valence-corrected chi connectivity index (χ4v) is 2.68. The zero-order valence-corrected chi connectivity index (χ0v) is 11.5. The summed E-state index contributed by atoms with van der Waals surface area (Å²) in [6.45, 7) is 7.75. The zero-order valence-electron chi connectivity index (χ0n) is 11.5. The summed E-state index contributed by atoms with van der Waals surface area (Å²) in [7, 11) is 0. The minimum atomic E-state index is 0.392. The van der Waals surface area contributed by atoms with Crippen LogP contribution in [0, 0.1) is 5.92 Å². The standard InChI is InChI=1S/C12H22N2O.C2H6/c15-12(14-8-6-13-7-9-14)10-11-4-2-1-3-5-11;1-2/h11,13H,1-10H2;1-2H3. The Balaban J connectivity index is 0.000000686. The summed E-state index contributed by atoms with van der Waals surface area (Å²) in [5, 5.41) is 3.28. The minimum absolute atomic E-state index is 0.392. The molecule has 0 atom stereocenters. The fourth-order valence-electron chi connectivity index (χ4n) is 2.68. The fraction of sp³-hybridized carbons (Fsp3) is 0.929. The first-order valence-electron chi connectivity index (χ1n) is 7.35. The van der Waals surface area contributed by atoms with Gasteiger partial charge in [-0.15, -0.1) is 0 Å². The molecule has 0 bridgehead atoms. The number of amides is 1. The third-order valence-electron chi connectivity index (χ3n) is 3.66. The van der Waals surface area contributed by atoms with Gasteiger partial charge in [-0.3, -0.25) is 4.79 Å². The average Bonchev–Trinajstić information content (AvgIpc) is 2.43. The van der Waals surface area contributed by atoms with E-state index >= 15 is 0 Å². The number of rotatable bonds is 2. The molecule has 100 valence electrons. The van der Waals surface area contributed by atoms with Gasteiger partial charge in [-0.2, -0.15) is 0 Å². The van der Waals surface area contributed by atoms with Crippen LogP contribution in [-0.2, 0) is 4.79 Å². The second kappa shape index (κ2) is 8.51. The van der Waals surface area contributed by atoms with Crippen LogP contribution in [-0.4, -0.2) is 37.0 Å². The van der Waals surface area contributed by atoms with E-state index in [1.54, 1.807) is 0 Å². The maximum absolute atomic E-state index is 12.0. The quantitative estimate of drug-likeness (QED) is 0.804. The Kier molecular flexibility index (Phi) is 7.25. The first-order valence-corrected chi connectivity index (χ1v) is 7.35. The van der Waals surface area contributed by atoms with E-state index in [1.165, 1.54) is 32.1 Å². The first-order chi connectivity index (χ1) is 8.36. The first kappa shape index (κ1) is 14.5. The van der Waals surface area contributed by atoms with Gasteiger partial charge in [0.05, 0.1) is 0 Å². The second-order valence-corrected chi connectivity index (χ2v) is 4.84. The van der Waals surface area contributed by atoms with Gasteiger partial charge in [-0.1, -0.05) is 33.1 Å². The summed E-state index contributed by atoms with van der Waals surface area (Å²) in [6, 6.07) is 0. The number of carbonyl (C=O) groups excluding carboxylic acids is 1. The molecular formula is C14H28N2O. The topological polar surface area (TPSA) is 32.3 Å². The van der Waals surface area contributed by atoms with Crippen LogP contribution in [0.5, 0.6) is 0 Å². The molecule has 1 N–H and O–H groups in total. The summed E-state index contributed by atoms with van der Waals surface area (Å²) in [4.78, 5) is 14.0. The smallest absolute Gasteiger partial charge is 0.222 e. The van der Waals surface area contributed by atoms with E-state index in [4.69, 9.17) is 0 Å². The van der Waals surface area contributed by atoms with Gasteiger partial charge < -0.3 is 10.2 Å². The van der Waals surface area contributed by atoms with Crippen molar-refractivity contribution in [1.29, 1.82) is 0 Å². The SMILES string of the molecule is CC.O=C(CC1CCCCC1)N1CCNCC1. The number of carbonyl (C=O) groups is 1. The highest BCUT2D eigenvalue weighted by atomic mass is 16.2. The van der Waals surface area contributed by atoms with Gasteiger partial charge in [0.25, 0.3) is 0 Å². The predicted molar refractivity (Wildman–Crippen MR) is 72.0 cm³/mol. The summed E-state index contributed by atoms with van der Waals surface area (Å²) in [6.07, 6.45) is 7.40. The third-order valence-corrected chi connectivity index (χ3v) is 3.66. The lowest BCUT2D eigenvalue weighted by Gasteiger charge is -2.30. The van der Waals surface area contributed by atoms with Crippen molar-refractivity contribution >= 4 is 5.91 Å². The summed E-state index contributed by atoms with van der Waals surface area (Å²) in [5.74, 6) is 1.07. The van der Waals surface area contributed by atoms with Crippen LogP contribution in [0.25, 0.3) is 0 Å². The van der Waals surface area contributed by atoms with Crippen LogP contribution in [0.2, 0.25) is 0 Å². The molecule has 0 spiro atoms. The molecule has 1 aliphatic carbocycles. The molecule has 1 aliphatic heterocycles. The molecule has 0 aromatic heterocycles. The highest BCUT2D eigenvalue weighted by molar-refractivity contribution is 5.76. The van der Waals surface area contributed by atoms with Crippen molar-refractivity contribution in [2.45, 2.75) is 52.4 Å². The molecule has 2 fully saturated rings. The highest BCUT2D eigenvalue weighted by Gasteiger charge is 2.21. The monoisotopic (exact) mass is 240 g/mol. The van der Waals surface area contributed by atoms with Crippen LogP contribution in [0.1, 0.15) is 52.4 Å². The molecule has 2 rings (SSSR count). The van der Waals surface area contributed by atoms with E-state index in [1.807, 2.05) is 18.7 Å². The molecule has 3 nitrogen and oxygen atoms in total. The molecular weight excluding hydrogens is 212 g/mol. The van der Waals surface area contributed by atoms with Crippen molar-refractivity contribution in [3.63, 3.8) is 0 Å². The van der Waals surface area contributed by atoms with Crippen molar-refractivity contribution in [2.75, 3.05) is 26.2 Å². The molecule has 1 saturated heterocycles. The van der Waals surface area contributed by atoms with Crippen molar-refractivity contribution in [3.8, 4) is 0 Å². The molecule has 1 saturated carbocycles. The van der Waals surface area contributed by atoms with Gasteiger partial charge in [0.2, 0.25) is 5.91 Å². The molecule has 17 heavy (non-hydrogen) atoms. The lowest BCUT2D eigenvalue weighted by atomic mass is 9.86. The molecule has 0 unspecified atom stereocenters. The van der Waals surface area contributed by atoms with Crippen molar-refractivity contribution in [3.05, 3.63) is 0 Å². The Bertz CT molecular complexity index is 206. The van der Waals surface area contributed by atoms with E-state index < -0.39 is 0 Å². The maximum Gasteiger partial charge on any atom is 0.222 e. The number of nitrogens with one attached hydrogen (secondary N) is 1. The number of hydrogen-bond acceptors (Lipinski definition) is 2. The molecule has 1 heterocycles. The van der Waals surface area contributed by atoms with Gasteiger partial charge in [0.15, 0.2) is 0 Å². The maximum atomic E-state index is 12.0. The zero-order chi connectivity index (χ0) is 12.5. The van der Waals surface area contributed by atoms with Gasteiger partial charge >= 0.3 is 0 Å². The third kappa shape index (κ3) is 5.07. The average molecular weight is 240 g/mol. The molecule has 0 aromatic carbocycles. The Hall–Kier alpha value is -0.570. The van der Waals surface area contributed by atoms with E-state index in [0.717, 1.165) is 32.6 Å². The van der Waals surface area contributed by atoms with Crippen molar-refractivity contribution in [2.24, 2.45) is 5.92 Å². The van der Waals surface area contributed by atoms with Crippen LogP contribution in [0.15, 0.2) is 0 Å². The molecule has 2 aliphatic rings. The Labute approximate surface area is 106 Å². The lowest BCUT2D eigenvalue weighted by Crippen LogP contribution is -2.46. The Morgan fingerprint density at radius 2 is 1.71 bits per heavy atom. The Morgan fingerprint density at radius 1 is 1.12 bits per heavy atom. The van der Waals surface area contributed by atoms with Gasteiger partial charge in [0.1, 0.15) is 0 Å². The van der Waals surface area contributed by atoms with Crippen LogP contribution >= 0.6 is 0 Å². The normalized spacial score (nSPS) is 21.6.